The van der Waals surface area contributed by atoms with Gasteiger partial charge in [-0.3, -0.25) is 18.4 Å². The molecule has 0 fully saturated rings. The zero-order valence-electron chi connectivity index (χ0n) is 24.5. The Balaban J connectivity index is 1.77. The van der Waals surface area contributed by atoms with E-state index in [0.717, 1.165) is 0 Å². The van der Waals surface area contributed by atoms with E-state index in [1.165, 1.54) is 27.3 Å². The molecular formula is C24H37N6O11P. The summed E-state index contributed by atoms with van der Waals surface area (Å²) >= 11 is 0. The minimum absolute atomic E-state index is 0.0266. The van der Waals surface area contributed by atoms with Gasteiger partial charge in [0.15, 0.2) is 22.7 Å². The van der Waals surface area contributed by atoms with Crippen molar-refractivity contribution >= 4 is 30.8 Å². The van der Waals surface area contributed by atoms with Crippen LogP contribution in [-0.2, 0) is 39.9 Å². The Morgan fingerprint density at radius 3 is 2.57 bits per heavy atom. The van der Waals surface area contributed by atoms with E-state index in [-0.39, 0.29) is 36.5 Å². The number of nitrogens with two attached hydrogens (primary N) is 1. The second kappa shape index (κ2) is 13.8. The van der Waals surface area contributed by atoms with E-state index in [1.807, 2.05) is 0 Å². The first kappa shape index (κ1) is 33.2. The van der Waals surface area contributed by atoms with Gasteiger partial charge < -0.3 is 33.9 Å². The molecule has 0 radical (unpaired) electrons. The van der Waals surface area contributed by atoms with E-state index in [0.29, 0.717) is 11.2 Å². The van der Waals surface area contributed by atoms with Crippen molar-refractivity contribution in [3.05, 3.63) is 28.5 Å². The van der Waals surface area contributed by atoms with Gasteiger partial charge in [-0.15, -0.1) is 0 Å². The van der Waals surface area contributed by atoms with Crippen LogP contribution < -0.4 is 21.4 Å². The monoisotopic (exact) mass is 616 g/mol. The Bertz CT molecular complexity index is 1460. The fourth-order valence-electron chi connectivity index (χ4n) is 3.72. The summed E-state index contributed by atoms with van der Waals surface area (Å²) in [6, 6.07) is 0. The lowest BCUT2D eigenvalue weighted by molar-refractivity contribution is -0.140. The average molecular weight is 617 g/mol. The molecule has 0 bridgehead atoms. The number of esters is 1. The Hall–Kier alpha value is -3.34. The highest BCUT2D eigenvalue weighted by Gasteiger charge is 2.32. The molecule has 0 saturated heterocycles. The molecule has 3 aromatic rings. The summed E-state index contributed by atoms with van der Waals surface area (Å²) in [4.78, 5) is 35.3. The first-order valence-electron chi connectivity index (χ1n) is 12.9. The Morgan fingerprint density at radius 1 is 1.24 bits per heavy atom. The highest BCUT2D eigenvalue weighted by Crippen LogP contribution is 2.45. The molecule has 18 heteroatoms. The number of carbonyl (C=O) groups excluding carboxylic acids is 1. The van der Waals surface area contributed by atoms with Crippen molar-refractivity contribution in [1.82, 2.24) is 24.6 Å². The number of imidazole rings is 1. The first-order chi connectivity index (χ1) is 19.6. The van der Waals surface area contributed by atoms with Crippen molar-refractivity contribution in [3.8, 4) is 5.88 Å². The molecule has 0 amide bonds. The van der Waals surface area contributed by atoms with E-state index < -0.39 is 56.6 Å². The number of aliphatic hydroxyl groups excluding tert-OH is 1. The highest BCUT2D eigenvalue weighted by molar-refractivity contribution is 7.51. The van der Waals surface area contributed by atoms with Crippen LogP contribution in [0.4, 0.5) is 5.95 Å². The number of hydrogen-bond donors (Lipinski definition) is 3. The summed E-state index contributed by atoms with van der Waals surface area (Å²) in [5.74, 6) is -1.09. The number of carbonyl (C=O) groups is 1. The Morgan fingerprint density at radius 2 is 1.95 bits per heavy atom. The Kier molecular flexibility index (Phi) is 10.9. The van der Waals surface area contributed by atoms with Crippen LogP contribution in [0.25, 0.3) is 11.2 Å². The maximum absolute atomic E-state index is 13.7. The van der Waals surface area contributed by atoms with Gasteiger partial charge in [0.1, 0.15) is 25.5 Å². The molecule has 1 unspecified atom stereocenters. The van der Waals surface area contributed by atoms with E-state index in [9.17, 15) is 19.3 Å². The summed E-state index contributed by atoms with van der Waals surface area (Å²) in [6.07, 6.45) is -1.43. The van der Waals surface area contributed by atoms with Gasteiger partial charge in [-0.1, -0.05) is 20.8 Å². The first-order valence-corrected chi connectivity index (χ1v) is 14.5. The summed E-state index contributed by atoms with van der Waals surface area (Å²) in [7, 11) is -2.75. The molecule has 0 saturated carbocycles. The SMILES string of the molecule is COc1nc(N)nc2c1ncn2[C@@H](C)O[C@H](COP(=O)(NCCOC(C)=O)OCc1oc(=O)oc1C(C)(C)C)[C@H](C)O. The van der Waals surface area contributed by atoms with E-state index >= 15 is 0 Å². The molecule has 0 aliphatic rings. The van der Waals surface area contributed by atoms with Gasteiger partial charge >= 0.3 is 19.5 Å². The predicted molar refractivity (Wildman–Crippen MR) is 146 cm³/mol. The van der Waals surface area contributed by atoms with Crippen LogP contribution in [0.5, 0.6) is 5.88 Å². The predicted octanol–water partition coefficient (Wildman–Crippen LogP) is 2.04. The second-order valence-corrected chi connectivity index (χ2v) is 12.0. The highest BCUT2D eigenvalue weighted by atomic mass is 31.2. The van der Waals surface area contributed by atoms with Crippen molar-refractivity contribution < 1.29 is 46.6 Å². The number of hydrogen-bond acceptors (Lipinski definition) is 15. The second-order valence-electron chi connectivity index (χ2n) is 10.2. The standard InChI is InChI=1S/C24H37N6O11P/c1-13(31)16(39-14(2)30-12-26-18-20(30)28-22(25)29-21(18)35-7)10-37-42(34,27-8-9-36-15(3)32)38-11-17-19(24(4,5)6)41-23(33)40-17/h12-14,16,31H,8-11H2,1-7H3,(H,27,34)(H2,25,28,29)/t13-,14+,16+,42?/m0/s1. The lowest BCUT2D eigenvalue weighted by atomic mass is 9.92. The van der Waals surface area contributed by atoms with Crippen LogP contribution in [0.15, 0.2) is 20.0 Å². The number of aromatic nitrogens is 4. The van der Waals surface area contributed by atoms with Gasteiger partial charge in [-0.25, -0.2) is 19.4 Å². The smallest absolute Gasteiger partial charge is 0.479 e. The lowest BCUT2D eigenvalue weighted by Gasteiger charge is -2.27. The molecule has 234 valence electrons. The number of nitrogens with one attached hydrogen (secondary N) is 1. The van der Waals surface area contributed by atoms with Gasteiger partial charge in [0.05, 0.1) is 26.1 Å². The fourth-order valence-corrected chi connectivity index (χ4v) is 4.97. The normalized spacial score (nSPS) is 15.7. The zero-order valence-corrected chi connectivity index (χ0v) is 25.4. The molecule has 17 nitrogen and oxygen atoms in total. The molecule has 3 heterocycles. The molecular weight excluding hydrogens is 579 g/mol. The molecule has 0 aliphatic heterocycles. The largest absolute Gasteiger partial charge is 0.519 e. The molecule has 0 aliphatic carbocycles. The van der Waals surface area contributed by atoms with Gasteiger partial charge in [-0.2, -0.15) is 9.97 Å². The van der Waals surface area contributed by atoms with Crippen LogP contribution in [0, 0.1) is 0 Å². The van der Waals surface area contributed by atoms with Crippen LogP contribution in [0.2, 0.25) is 0 Å². The third-order valence-electron chi connectivity index (χ3n) is 5.72. The molecule has 0 aromatic carbocycles. The summed E-state index contributed by atoms with van der Waals surface area (Å²) in [5.41, 5.74) is 5.85. The van der Waals surface area contributed by atoms with Crippen molar-refractivity contribution in [3.63, 3.8) is 0 Å². The van der Waals surface area contributed by atoms with Crippen molar-refractivity contribution in [2.75, 3.05) is 32.6 Å². The van der Waals surface area contributed by atoms with Crippen molar-refractivity contribution in [2.45, 2.75) is 72.0 Å². The fraction of sp³-hybridized carbons (Fsp3) is 0.625. The number of ether oxygens (including phenoxy) is 3. The molecule has 0 spiro atoms. The molecule has 3 rings (SSSR count). The molecule has 42 heavy (non-hydrogen) atoms. The van der Waals surface area contributed by atoms with Crippen LogP contribution in [0.1, 0.15) is 59.3 Å². The van der Waals surface area contributed by atoms with Gasteiger partial charge in [0.2, 0.25) is 11.8 Å². The van der Waals surface area contributed by atoms with Gasteiger partial charge in [-0.05, 0) is 13.8 Å². The minimum atomic E-state index is -4.17. The number of nitrogens with zero attached hydrogens (tertiary/aromatic N) is 4. The summed E-state index contributed by atoms with van der Waals surface area (Å²) in [5, 5.41) is 13.0. The minimum Gasteiger partial charge on any atom is -0.479 e. The maximum atomic E-state index is 13.7. The number of anilines is 1. The lowest BCUT2D eigenvalue weighted by Crippen LogP contribution is -2.34. The van der Waals surface area contributed by atoms with Gasteiger partial charge in [0, 0.05) is 18.9 Å². The van der Waals surface area contributed by atoms with Crippen LogP contribution in [0.3, 0.4) is 0 Å². The maximum Gasteiger partial charge on any atom is 0.519 e. The molecule has 4 atom stereocenters. The zero-order chi connectivity index (χ0) is 31.2. The number of aliphatic hydroxyl groups is 1. The van der Waals surface area contributed by atoms with Crippen LogP contribution in [-0.4, -0.2) is 69.7 Å². The van der Waals surface area contributed by atoms with Gasteiger partial charge in [0.25, 0.3) is 0 Å². The van der Waals surface area contributed by atoms with Crippen molar-refractivity contribution in [2.24, 2.45) is 0 Å². The molecule has 4 N–H and O–H groups in total. The van der Waals surface area contributed by atoms with Crippen molar-refractivity contribution in [1.29, 1.82) is 0 Å². The van der Waals surface area contributed by atoms with Crippen LogP contribution >= 0.6 is 7.75 Å². The number of rotatable bonds is 15. The van der Waals surface area contributed by atoms with E-state index in [1.54, 1.807) is 32.3 Å². The summed E-state index contributed by atoms with van der Waals surface area (Å²) in [6.45, 7) is 8.66. The third-order valence-corrected chi connectivity index (χ3v) is 7.28. The van der Waals surface area contributed by atoms with E-state index in [2.05, 4.69) is 20.0 Å². The molecule has 3 aromatic heterocycles. The average Bonchev–Trinajstić information content (AvgIpc) is 3.50. The number of fused-ring (bicyclic) bond motifs is 1. The topological polar surface area (TPSA) is 226 Å². The number of nitrogen functional groups attached to an aromatic ring is 1. The quantitative estimate of drug-likeness (QED) is 0.126. The summed E-state index contributed by atoms with van der Waals surface area (Å²) < 4.78 is 52.8. The third kappa shape index (κ3) is 8.59. The Labute approximate surface area is 241 Å². The number of methoxy groups -OCH3 is 1. The van der Waals surface area contributed by atoms with E-state index in [4.69, 9.17) is 37.8 Å².